The van der Waals surface area contributed by atoms with Crippen LogP contribution >= 0.6 is 15.9 Å². The molecule has 0 aliphatic rings. The minimum Gasteiger partial charge on any atom is -0.271 e. The van der Waals surface area contributed by atoms with Crippen molar-refractivity contribution in [3.8, 4) is 0 Å². The number of nitrogens with one attached hydrogen (secondary N) is 1. The van der Waals surface area contributed by atoms with E-state index in [0.717, 1.165) is 10.0 Å². The number of benzene rings is 1. The molecule has 0 heterocycles. The summed E-state index contributed by atoms with van der Waals surface area (Å²) in [7, 11) is 0. The molecule has 3 N–H and O–H groups in total. The fraction of sp³-hybridized carbons (Fsp3) is 0.200. The Morgan fingerprint density at radius 1 is 1.62 bits per heavy atom. The molecule has 1 aromatic rings. The Balaban J connectivity index is 3.06. The molecular formula is C10H13BrN2. The summed E-state index contributed by atoms with van der Waals surface area (Å²) in [5.74, 6) is 5.38. The minimum absolute atomic E-state index is 0.00465. The van der Waals surface area contributed by atoms with Crippen LogP contribution in [0.5, 0.6) is 0 Å². The molecule has 0 saturated heterocycles. The van der Waals surface area contributed by atoms with Crippen molar-refractivity contribution in [3.63, 3.8) is 0 Å². The zero-order valence-electron chi connectivity index (χ0n) is 7.55. The molecule has 3 heteroatoms. The van der Waals surface area contributed by atoms with E-state index in [-0.39, 0.29) is 6.04 Å². The maximum atomic E-state index is 5.38. The van der Waals surface area contributed by atoms with E-state index in [4.69, 9.17) is 5.84 Å². The number of hydrazine groups is 1. The van der Waals surface area contributed by atoms with Gasteiger partial charge in [-0.2, -0.15) is 0 Å². The average Bonchev–Trinajstić information content (AvgIpc) is 2.10. The lowest BCUT2D eigenvalue weighted by Gasteiger charge is -2.13. The highest BCUT2D eigenvalue weighted by atomic mass is 79.9. The Kier molecular flexibility index (Phi) is 3.66. The second kappa shape index (κ2) is 4.56. The predicted octanol–water partition coefficient (Wildman–Crippen LogP) is 2.45. The molecule has 0 aliphatic heterocycles. The van der Waals surface area contributed by atoms with E-state index in [0.29, 0.717) is 0 Å². The first kappa shape index (κ1) is 10.4. The molecule has 1 rings (SSSR count). The lowest BCUT2D eigenvalue weighted by atomic mass is 10.1. The summed E-state index contributed by atoms with van der Waals surface area (Å²) in [4.78, 5) is 0. The largest absolute Gasteiger partial charge is 0.271 e. The monoisotopic (exact) mass is 240 g/mol. The molecule has 1 atom stereocenters. The van der Waals surface area contributed by atoms with Gasteiger partial charge in [0.2, 0.25) is 0 Å². The number of halogens is 1. The fourth-order valence-electron chi connectivity index (χ4n) is 1.17. The van der Waals surface area contributed by atoms with Gasteiger partial charge in [0.05, 0.1) is 6.04 Å². The lowest BCUT2D eigenvalue weighted by Crippen LogP contribution is -2.26. The first-order valence-corrected chi connectivity index (χ1v) is 4.83. The molecule has 0 radical (unpaired) electrons. The third-order valence-corrected chi connectivity index (χ3v) is 2.59. The molecule has 1 aromatic carbocycles. The Labute approximate surface area is 86.9 Å². The van der Waals surface area contributed by atoms with Crippen molar-refractivity contribution < 1.29 is 0 Å². The Hall–Kier alpha value is -0.640. The van der Waals surface area contributed by atoms with E-state index in [1.807, 2.05) is 19.1 Å². The first-order valence-electron chi connectivity index (χ1n) is 4.03. The van der Waals surface area contributed by atoms with Gasteiger partial charge in [-0.3, -0.25) is 5.84 Å². The van der Waals surface area contributed by atoms with Gasteiger partial charge in [0.15, 0.2) is 0 Å². The van der Waals surface area contributed by atoms with Crippen molar-refractivity contribution in [1.82, 2.24) is 5.43 Å². The quantitative estimate of drug-likeness (QED) is 0.484. The van der Waals surface area contributed by atoms with Gasteiger partial charge in [0.25, 0.3) is 0 Å². The number of aryl methyl sites for hydroxylation is 1. The van der Waals surface area contributed by atoms with Crippen LogP contribution in [0, 0.1) is 6.92 Å². The number of rotatable bonds is 3. The zero-order valence-corrected chi connectivity index (χ0v) is 9.14. The molecule has 0 spiro atoms. The highest BCUT2D eigenvalue weighted by molar-refractivity contribution is 9.10. The van der Waals surface area contributed by atoms with E-state index in [9.17, 15) is 0 Å². The highest BCUT2D eigenvalue weighted by Crippen LogP contribution is 2.24. The average molecular weight is 241 g/mol. The third kappa shape index (κ3) is 2.40. The van der Waals surface area contributed by atoms with E-state index in [1.54, 1.807) is 6.08 Å². The molecule has 0 aliphatic carbocycles. The standard InChI is InChI=1S/C10H13BrN2/c1-3-10(13-12)8-5-4-7(2)6-9(8)11/h3-6,10,13H,1,12H2,2H3. The Morgan fingerprint density at radius 2 is 2.31 bits per heavy atom. The van der Waals surface area contributed by atoms with Gasteiger partial charge in [-0.05, 0) is 24.1 Å². The summed E-state index contributed by atoms with van der Waals surface area (Å²) in [5, 5.41) is 0. The van der Waals surface area contributed by atoms with Crippen LogP contribution in [0.4, 0.5) is 0 Å². The normalized spacial score (nSPS) is 12.5. The topological polar surface area (TPSA) is 38.0 Å². The summed E-state index contributed by atoms with van der Waals surface area (Å²) in [6.07, 6.45) is 1.77. The molecule has 0 fully saturated rings. The zero-order chi connectivity index (χ0) is 9.84. The third-order valence-electron chi connectivity index (χ3n) is 1.91. The molecule has 70 valence electrons. The summed E-state index contributed by atoms with van der Waals surface area (Å²) in [5.41, 5.74) is 5.00. The lowest BCUT2D eigenvalue weighted by molar-refractivity contribution is 0.654. The van der Waals surface area contributed by atoms with Crippen LogP contribution < -0.4 is 11.3 Å². The maximum absolute atomic E-state index is 5.38. The van der Waals surface area contributed by atoms with Gasteiger partial charge in [-0.15, -0.1) is 6.58 Å². The van der Waals surface area contributed by atoms with E-state index >= 15 is 0 Å². The van der Waals surface area contributed by atoms with Gasteiger partial charge in [-0.1, -0.05) is 34.1 Å². The first-order chi connectivity index (χ1) is 6.19. The molecule has 13 heavy (non-hydrogen) atoms. The van der Waals surface area contributed by atoms with Gasteiger partial charge >= 0.3 is 0 Å². The molecule has 0 bridgehead atoms. The van der Waals surface area contributed by atoms with Crippen molar-refractivity contribution in [2.75, 3.05) is 0 Å². The van der Waals surface area contributed by atoms with Crippen molar-refractivity contribution in [3.05, 3.63) is 46.5 Å². The maximum Gasteiger partial charge on any atom is 0.0649 e. The van der Waals surface area contributed by atoms with Crippen LogP contribution in [-0.4, -0.2) is 0 Å². The predicted molar refractivity (Wildman–Crippen MR) is 59.1 cm³/mol. The second-order valence-corrected chi connectivity index (χ2v) is 3.76. The molecule has 0 amide bonds. The van der Waals surface area contributed by atoms with E-state index in [1.165, 1.54) is 5.56 Å². The van der Waals surface area contributed by atoms with E-state index < -0.39 is 0 Å². The number of hydrogen-bond acceptors (Lipinski definition) is 2. The molecule has 0 saturated carbocycles. The van der Waals surface area contributed by atoms with Gasteiger partial charge < -0.3 is 0 Å². The van der Waals surface area contributed by atoms with Crippen LogP contribution in [0.2, 0.25) is 0 Å². The summed E-state index contributed by atoms with van der Waals surface area (Å²) in [6.45, 7) is 5.76. The van der Waals surface area contributed by atoms with Crippen molar-refractivity contribution in [2.45, 2.75) is 13.0 Å². The van der Waals surface area contributed by atoms with Gasteiger partial charge in [0.1, 0.15) is 0 Å². The Bertz CT molecular complexity index is 310. The van der Waals surface area contributed by atoms with E-state index in [2.05, 4.69) is 34.0 Å². The molecular weight excluding hydrogens is 228 g/mol. The smallest absolute Gasteiger partial charge is 0.0649 e. The summed E-state index contributed by atoms with van der Waals surface area (Å²) in [6, 6.07) is 6.14. The fourth-order valence-corrected chi connectivity index (χ4v) is 1.91. The van der Waals surface area contributed by atoms with Gasteiger partial charge in [0, 0.05) is 4.47 Å². The molecule has 0 aromatic heterocycles. The molecule has 2 nitrogen and oxygen atoms in total. The van der Waals surface area contributed by atoms with Crippen molar-refractivity contribution in [2.24, 2.45) is 5.84 Å². The Morgan fingerprint density at radius 3 is 2.77 bits per heavy atom. The SMILES string of the molecule is C=CC(NN)c1ccc(C)cc1Br. The second-order valence-electron chi connectivity index (χ2n) is 2.91. The van der Waals surface area contributed by atoms with Crippen LogP contribution in [0.3, 0.4) is 0 Å². The number of nitrogens with two attached hydrogens (primary N) is 1. The van der Waals surface area contributed by atoms with Gasteiger partial charge in [-0.25, -0.2) is 5.43 Å². The highest BCUT2D eigenvalue weighted by Gasteiger charge is 2.08. The molecule has 1 unspecified atom stereocenters. The summed E-state index contributed by atoms with van der Waals surface area (Å²) >= 11 is 3.49. The van der Waals surface area contributed by atoms with Crippen molar-refractivity contribution in [1.29, 1.82) is 0 Å². The van der Waals surface area contributed by atoms with Crippen molar-refractivity contribution >= 4 is 15.9 Å². The van der Waals surface area contributed by atoms with Crippen LogP contribution in [0.25, 0.3) is 0 Å². The van der Waals surface area contributed by atoms with Crippen LogP contribution in [-0.2, 0) is 0 Å². The number of hydrogen-bond donors (Lipinski definition) is 2. The summed E-state index contributed by atoms with van der Waals surface area (Å²) < 4.78 is 1.05. The van der Waals surface area contributed by atoms with Crippen LogP contribution in [0.1, 0.15) is 17.2 Å². The van der Waals surface area contributed by atoms with Crippen LogP contribution in [0.15, 0.2) is 35.3 Å². The minimum atomic E-state index is -0.00465.